The molecule has 0 heterocycles. The molecule has 3 N–H and O–H groups in total. The highest BCUT2D eigenvalue weighted by atomic mass is 16.1. The molecule has 3 heteroatoms. The summed E-state index contributed by atoms with van der Waals surface area (Å²) in [5.41, 5.74) is 8.06. The number of anilines is 1. The maximum absolute atomic E-state index is 12.0. The lowest BCUT2D eigenvalue weighted by molar-refractivity contribution is 0.0940. The van der Waals surface area contributed by atoms with Crippen molar-refractivity contribution in [3.8, 4) is 0 Å². The lowest BCUT2D eigenvalue weighted by atomic mass is 10.1. The van der Waals surface area contributed by atoms with Crippen molar-refractivity contribution >= 4 is 11.6 Å². The van der Waals surface area contributed by atoms with E-state index in [1.807, 2.05) is 49.4 Å². The molecule has 0 aliphatic heterocycles. The predicted octanol–water partition coefficient (Wildman–Crippen LogP) is 2.76. The summed E-state index contributed by atoms with van der Waals surface area (Å²) in [4.78, 5) is 12.0. The maximum atomic E-state index is 12.0. The van der Waals surface area contributed by atoms with Gasteiger partial charge in [0, 0.05) is 11.3 Å². The highest BCUT2D eigenvalue weighted by Crippen LogP contribution is 2.14. The second-order valence-electron chi connectivity index (χ2n) is 4.23. The third-order valence-corrected chi connectivity index (χ3v) is 2.82. The molecule has 2 aromatic carbocycles. The molecule has 18 heavy (non-hydrogen) atoms. The average molecular weight is 240 g/mol. The van der Waals surface area contributed by atoms with E-state index in [-0.39, 0.29) is 11.9 Å². The Morgan fingerprint density at radius 3 is 2.28 bits per heavy atom. The van der Waals surface area contributed by atoms with Crippen LogP contribution in [0.1, 0.15) is 28.9 Å². The SMILES string of the molecule is C[C@H](NC(=O)c1ccccc1)c1ccc(N)cc1. The van der Waals surface area contributed by atoms with Crippen molar-refractivity contribution in [2.24, 2.45) is 0 Å². The third kappa shape index (κ3) is 2.88. The van der Waals surface area contributed by atoms with E-state index in [2.05, 4.69) is 5.32 Å². The molecule has 1 atom stereocenters. The molecule has 92 valence electrons. The molecule has 0 bridgehead atoms. The Kier molecular flexibility index (Phi) is 3.63. The summed E-state index contributed by atoms with van der Waals surface area (Å²) in [7, 11) is 0. The summed E-state index contributed by atoms with van der Waals surface area (Å²) < 4.78 is 0. The van der Waals surface area contributed by atoms with E-state index >= 15 is 0 Å². The van der Waals surface area contributed by atoms with E-state index in [1.54, 1.807) is 12.1 Å². The molecule has 1 amide bonds. The van der Waals surface area contributed by atoms with Gasteiger partial charge in [0.15, 0.2) is 0 Å². The summed E-state index contributed by atoms with van der Waals surface area (Å²) >= 11 is 0. The average Bonchev–Trinajstić information content (AvgIpc) is 2.40. The van der Waals surface area contributed by atoms with E-state index in [0.717, 1.165) is 11.3 Å². The number of rotatable bonds is 3. The Balaban J connectivity index is 2.06. The number of hydrogen-bond donors (Lipinski definition) is 2. The lowest BCUT2D eigenvalue weighted by Gasteiger charge is -2.14. The van der Waals surface area contributed by atoms with Crippen LogP contribution >= 0.6 is 0 Å². The highest BCUT2D eigenvalue weighted by Gasteiger charge is 2.10. The van der Waals surface area contributed by atoms with E-state index < -0.39 is 0 Å². The van der Waals surface area contributed by atoms with Gasteiger partial charge in [-0.25, -0.2) is 0 Å². The molecule has 0 radical (unpaired) electrons. The summed E-state index contributed by atoms with van der Waals surface area (Å²) in [6, 6.07) is 16.7. The Morgan fingerprint density at radius 1 is 1.06 bits per heavy atom. The fourth-order valence-corrected chi connectivity index (χ4v) is 1.74. The molecular formula is C15H16N2O. The number of carbonyl (C=O) groups excluding carboxylic acids is 1. The topological polar surface area (TPSA) is 55.1 Å². The fraction of sp³-hybridized carbons (Fsp3) is 0.133. The minimum absolute atomic E-state index is 0.0432. The quantitative estimate of drug-likeness (QED) is 0.810. The zero-order chi connectivity index (χ0) is 13.0. The second kappa shape index (κ2) is 5.36. The van der Waals surface area contributed by atoms with Crippen molar-refractivity contribution < 1.29 is 4.79 Å². The second-order valence-corrected chi connectivity index (χ2v) is 4.23. The van der Waals surface area contributed by atoms with Gasteiger partial charge in [-0.1, -0.05) is 30.3 Å². The van der Waals surface area contributed by atoms with Crippen LogP contribution in [0.4, 0.5) is 5.69 Å². The normalized spacial score (nSPS) is 11.8. The fourth-order valence-electron chi connectivity index (χ4n) is 1.74. The summed E-state index contributed by atoms with van der Waals surface area (Å²) in [5, 5.41) is 2.95. The number of amides is 1. The standard InChI is InChI=1S/C15H16N2O/c1-11(12-7-9-14(16)10-8-12)17-15(18)13-5-3-2-4-6-13/h2-11H,16H2,1H3,(H,17,18)/t11-/m0/s1. The zero-order valence-corrected chi connectivity index (χ0v) is 10.3. The first-order valence-electron chi connectivity index (χ1n) is 5.88. The zero-order valence-electron chi connectivity index (χ0n) is 10.3. The molecule has 0 aliphatic carbocycles. The maximum Gasteiger partial charge on any atom is 0.251 e. The van der Waals surface area contributed by atoms with Crippen molar-refractivity contribution in [2.75, 3.05) is 5.73 Å². The molecule has 0 saturated carbocycles. The van der Waals surface area contributed by atoms with Gasteiger partial charge in [0.05, 0.1) is 6.04 Å². The van der Waals surface area contributed by atoms with Gasteiger partial charge in [-0.05, 0) is 36.8 Å². The van der Waals surface area contributed by atoms with Crippen molar-refractivity contribution in [3.05, 3.63) is 65.7 Å². The van der Waals surface area contributed by atoms with Crippen LogP contribution in [0.15, 0.2) is 54.6 Å². The monoisotopic (exact) mass is 240 g/mol. The molecule has 3 nitrogen and oxygen atoms in total. The van der Waals surface area contributed by atoms with Crippen LogP contribution in [0.25, 0.3) is 0 Å². The summed E-state index contributed by atoms with van der Waals surface area (Å²) in [6.07, 6.45) is 0. The number of hydrogen-bond acceptors (Lipinski definition) is 2. The molecular weight excluding hydrogens is 224 g/mol. The van der Waals surface area contributed by atoms with Gasteiger partial charge >= 0.3 is 0 Å². The first-order valence-corrected chi connectivity index (χ1v) is 5.88. The van der Waals surface area contributed by atoms with Crippen LogP contribution in [0.2, 0.25) is 0 Å². The lowest BCUT2D eigenvalue weighted by Crippen LogP contribution is -2.26. The Bertz CT molecular complexity index is 520. The number of carbonyl (C=O) groups is 1. The molecule has 0 spiro atoms. The highest BCUT2D eigenvalue weighted by molar-refractivity contribution is 5.94. The molecule has 2 aromatic rings. The van der Waals surface area contributed by atoms with Crippen LogP contribution < -0.4 is 11.1 Å². The van der Waals surface area contributed by atoms with Crippen LogP contribution in [0.3, 0.4) is 0 Å². The summed E-state index contributed by atoms with van der Waals surface area (Å²) in [6.45, 7) is 1.95. The van der Waals surface area contributed by atoms with Crippen LogP contribution in [-0.2, 0) is 0 Å². The molecule has 0 saturated heterocycles. The van der Waals surface area contributed by atoms with Gasteiger partial charge in [-0.15, -0.1) is 0 Å². The number of nitrogens with one attached hydrogen (secondary N) is 1. The van der Waals surface area contributed by atoms with Crippen molar-refractivity contribution in [1.29, 1.82) is 0 Å². The number of benzene rings is 2. The van der Waals surface area contributed by atoms with Crippen LogP contribution in [-0.4, -0.2) is 5.91 Å². The smallest absolute Gasteiger partial charge is 0.251 e. The van der Waals surface area contributed by atoms with Crippen LogP contribution in [0, 0.1) is 0 Å². The molecule has 0 aromatic heterocycles. The van der Waals surface area contributed by atoms with Gasteiger partial charge in [0.1, 0.15) is 0 Å². The van der Waals surface area contributed by atoms with E-state index in [0.29, 0.717) is 5.56 Å². The van der Waals surface area contributed by atoms with E-state index in [9.17, 15) is 4.79 Å². The molecule has 2 rings (SSSR count). The van der Waals surface area contributed by atoms with Gasteiger partial charge in [0.2, 0.25) is 0 Å². The summed E-state index contributed by atoms with van der Waals surface area (Å²) in [5.74, 6) is -0.0695. The minimum Gasteiger partial charge on any atom is -0.399 e. The largest absolute Gasteiger partial charge is 0.399 e. The first kappa shape index (κ1) is 12.2. The predicted molar refractivity (Wildman–Crippen MR) is 73.2 cm³/mol. The Labute approximate surface area is 107 Å². The Morgan fingerprint density at radius 2 is 1.67 bits per heavy atom. The number of nitrogen functional groups attached to an aromatic ring is 1. The van der Waals surface area contributed by atoms with Crippen molar-refractivity contribution in [3.63, 3.8) is 0 Å². The Hall–Kier alpha value is -2.29. The van der Waals surface area contributed by atoms with Crippen molar-refractivity contribution in [1.82, 2.24) is 5.32 Å². The molecule has 0 unspecified atom stereocenters. The van der Waals surface area contributed by atoms with Gasteiger partial charge in [-0.2, -0.15) is 0 Å². The third-order valence-electron chi connectivity index (χ3n) is 2.82. The first-order chi connectivity index (χ1) is 8.66. The molecule has 0 aliphatic rings. The minimum atomic E-state index is -0.0695. The van der Waals surface area contributed by atoms with E-state index in [4.69, 9.17) is 5.73 Å². The van der Waals surface area contributed by atoms with Gasteiger partial charge in [0.25, 0.3) is 5.91 Å². The van der Waals surface area contributed by atoms with Crippen LogP contribution in [0.5, 0.6) is 0 Å². The van der Waals surface area contributed by atoms with E-state index in [1.165, 1.54) is 0 Å². The van der Waals surface area contributed by atoms with Gasteiger partial charge < -0.3 is 11.1 Å². The van der Waals surface area contributed by atoms with Crippen molar-refractivity contribution in [2.45, 2.75) is 13.0 Å². The molecule has 0 fully saturated rings. The number of nitrogens with two attached hydrogens (primary N) is 1. The van der Waals surface area contributed by atoms with Gasteiger partial charge in [-0.3, -0.25) is 4.79 Å².